The summed E-state index contributed by atoms with van der Waals surface area (Å²) in [7, 11) is 0. The summed E-state index contributed by atoms with van der Waals surface area (Å²) in [6.45, 7) is 8.25. The number of hydrogen-bond donors (Lipinski definition) is 2. The molecule has 3 aliphatic heterocycles. The second-order valence-corrected chi connectivity index (χ2v) is 9.17. The molecule has 4 atom stereocenters. The number of fused-ring (bicyclic) bond motifs is 1. The van der Waals surface area contributed by atoms with Crippen LogP contribution in [0.1, 0.15) is 49.7 Å². The average molecular weight is 413 g/mol. The van der Waals surface area contributed by atoms with Crippen molar-refractivity contribution in [2.45, 2.75) is 56.7 Å². The van der Waals surface area contributed by atoms with Gasteiger partial charge in [-0.25, -0.2) is 0 Å². The molecule has 0 unspecified atom stereocenters. The van der Waals surface area contributed by atoms with Gasteiger partial charge in [0.2, 0.25) is 0 Å². The highest BCUT2D eigenvalue weighted by molar-refractivity contribution is 5.39. The van der Waals surface area contributed by atoms with Crippen LogP contribution in [-0.4, -0.2) is 84.2 Å². The molecular weight excluding hydrogens is 376 g/mol. The highest BCUT2D eigenvalue weighted by Gasteiger charge is 2.49. The summed E-state index contributed by atoms with van der Waals surface area (Å²) in [5, 5.41) is 19.5. The maximum Gasteiger partial charge on any atom is 0.112 e. The fraction of sp³-hybridized carbons (Fsp3) is 0.680. The van der Waals surface area contributed by atoms with Gasteiger partial charge in [-0.05, 0) is 69.3 Å². The number of aliphatic hydroxyl groups excluding tert-OH is 2. The topological polar surface area (TPSA) is 56.2 Å². The Morgan fingerprint density at radius 2 is 1.87 bits per heavy atom. The molecule has 3 fully saturated rings. The van der Waals surface area contributed by atoms with Crippen LogP contribution in [0.5, 0.6) is 0 Å². The lowest BCUT2D eigenvalue weighted by Crippen LogP contribution is -2.67. The Labute approximate surface area is 181 Å². The Hall–Kier alpha value is -1.42. The maximum atomic E-state index is 10.1. The zero-order valence-electron chi connectivity index (χ0n) is 18.2. The van der Waals surface area contributed by atoms with Crippen molar-refractivity contribution in [3.63, 3.8) is 0 Å². The lowest BCUT2D eigenvalue weighted by atomic mass is 9.74. The molecule has 0 saturated carbocycles. The Kier molecular flexibility index (Phi) is 7.45. The van der Waals surface area contributed by atoms with Crippen LogP contribution in [0.4, 0.5) is 0 Å². The van der Waals surface area contributed by atoms with E-state index in [1.54, 1.807) is 6.92 Å². The van der Waals surface area contributed by atoms with Crippen LogP contribution in [0.25, 0.3) is 0 Å². The molecule has 5 nitrogen and oxygen atoms in total. The van der Waals surface area contributed by atoms with E-state index in [9.17, 15) is 10.2 Å². The SMILES string of the molecule is C[C@@H](O)C#Cc1ccc([C@H]2[C@@H](CO)N3CCCCN(CC4CCOCC4)C[C@@H]23)cc1. The number of rotatable bonds is 4. The maximum absolute atomic E-state index is 10.1. The molecule has 2 N–H and O–H groups in total. The monoisotopic (exact) mass is 412 g/mol. The zero-order valence-corrected chi connectivity index (χ0v) is 18.2. The molecule has 1 aromatic carbocycles. The molecule has 1 aromatic rings. The summed E-state index contributed by atoms with van der Waals surface area (Å²) >= 11 is 0. The quantitative estimate of drug-likeness (QED) is 0.742. The lowest BCUT2D eigenvalue weighted by molar-refractivity contribution is -0.0677. The van der Waals surface area contributed by atoms with Gasteiger partial charge >= 0.3 is 0 Å². The van der Waals surface area contributed by atoms with E-state index < -0.39 is 6.10 Å². The first kappa shape index (κ1) is 21.8. The third-order valence-electron chi connectivity index (χ3n) is 7.03. The van der Waals surface area contributed by atoms with E-state index in [4.69, 9.17) is 4.74 Å². The first-order valence-electron chi connectivity index (χ1n) is 11.6. The molecule has 0 amide bonds. The minimum atomic E-state index is -0.611. The van der Waals surface area contributed by atoms with Crippen LogP contribution in [-0.2, 0) is 4.74 Å². The number of hydrogen-bond acceptors (Lipinski definition) is 5. The predicted molar refractivity (Wildman–Crippen MR) is 118 cm³/mol. The van der Waals surface area contributed by atoms with E-state index in [1.807, 2.05) is 12.1 Å². The second-order valence-electron chi connectivity index (χ2n) is 9.17. The van der Waals surface area contributed by atoms with E-state index in [-0.39, 0.29) is 12.6 Å². The van der Waals surface area contributed by atoms with Gasteiger partial charge in [0.15, 0.2) is 0 Å². The lowest BCUT2D eigenvalue weighted by Gasteiger charge is -2.57. The van der Waals surface area contributed by atoms with E-state index in [0.29, 0.717) is 12.0 Å². The van der Waals surface area contributed by atoms with Crippen molar-refractivity contribution >= 4 is 0 Å². The first-order chi connectivity index (χ1) is 14.7. The summed E-state index contributed by atoms with van der Waals surface area (Å²) in [6, 6.07) is 9.11. The number of ether oxygens (including phenoxy) is 1. The van der Waals surface area contributed by atoms with Gasteiger partial charge in [0.05, 0.1) is 6.61 Å². The van der Waals surface area contributed by atoms with E-state index >= 15 is 0 Å². The standard InChI is InChI=1S/C25H36N2O3/c1-19(29)4-5-20-6-8-22(9-7-20)25-23-17-26(16-21-10-14-30-15-11-21)12-2-3-13-27(23)24(25)18-28/h6-9,19,21,23-25,28-29H,2-3,10-18H2,1H3/t19-,23+,24-,25-/m1/s1. The number of benzene rings is 1. The van der Waals surface area contributed by atoms with Crippen molar-refractivity contribution in [3.05, 3.63) is 35.4 Å². The van der Waals surface area contributed by atoms with Gasteiger partial charge in [-0.1, -0.05) is 24.0 Å². The molecule has 0 spiro atoms. The van der Waals surface area contributed by atoms with Gasteiger partial charge in [-0.3, -0.25) is 4.90 Å². The Morgan fingerprint density at radius 1 is 1.13 bits per heavy atom. The van der Waals surface area contributed by atoms with Gasteiger partial charge < -0.3 is 19.8 Å². The first-order valence-corrected chi connectivity index (χ1v) is 11.6. The molecule has 3 saturated heterocycles. The summed E-state index contributed by atoms with van der Waals surface area (Å²) in [5.74, 6) is 6.95. The molecule has 4 rings (SSSR count). The minimum Gasteiger partial charge on any atom is -0.395 e. The van der Waals surface area contributed by atoms with Gasteiger partial charge in [0, 0.05) is 49.9 Å². The molecule has 0 aromatic heterocycles. The normalized spacial score (nSPS) is 29.6. The second kappa shape index (κ2) is 10.3. The van der Waals surface area contributed by atoms with Crippen LogP contribution >= 0.6 is 0 Å². The van der Waals surface area contributed by atoms with E-state index in [1.165, 1.54) is 44.3 Å². The zero-order chi connectivity index (χ0) is 20.9. The van der Waals surface area contributed by atoms with Gasteiger partial charge in [0.25, 0.3) is 0 Å². The van der Waals surface area contributed by atoms with Gasteiger partial charge in [-0.2, -0.15) is 0 Å². The molecule has 30 heavy (non-hydrogen) atoms. The predicted octanol–water partition coefficient (Wildman–Crippen LogP) is 2.07. The van der Waals surface area contributed by atoms with Crippen LogP contribution in [0, 0.1) is 17.8 Å². The summed E-state index contributed by atoms with van der Waals surface area (Å²) in [5.41, 5.74) is 2.22. The molecule has 5 heteroatoms. The molecular formula is C25H36N2O3. The fourth-order valence-corrected chi connectivity index (χ4v) is 5.45. The van der Waals surface area contributed by atoms with Crippen molar-refractivity contribution in [2.75, 3.05) is 46.0 Å². The highest BCUT2D eigenvalue weighted by atomic mass is 16.5. The van der Waals surface area contributed by atoms with Crippen LogP contribution in [0.2, 0.25) is 0 Å². The van der Waals surface area contributed by atoms with Crippen molar-refractivity contribution in [1.82, 2.24) is 9.80 Å². The Bertz CT molecular complexity index is 733. The largest absolute Gasteiger partial charge is 0.395 e. The fourth-order valence-electron chi connectivity index (χ4n) is 5.45. The number of aliphatic hydroxyl groups is 2. The van der Waals surface area contributed by atoms with E-state index in [2.05, 4.69) is 33.8 Å². The Balaban J connectivity index is 1.47. The highest BCUT2D eigenvalue weighted by Crippen LogP contribution is 2.42. The third kappa shape index (κ3) is 5.07. The minimum absolute atomic E-state index is 0.213. The summed E-state index contributed by atoms with van der Waals surface area (Å²) in [4.78, 5) is 5.22. The molecule has 0 bridgehead atoms. The van der Waals surface area contributed by atoms with E-state index in [0.717, 1.165) is 37.8 Å². The summed E-state index contributed by atoms with van der Waals surface area (Å²) in [6.07, 6.45) is 4.20. The average Bonchev–Trinajstić information content (AvgIpc) is 2.74. The third-order valence-corrected chi connectivity index (χ3v) is 7.03. The molecule has 164 valence electrons. The molecule has 3 heterocycles. The smallest absolute Gasteiger partial charge is 0.112 e. The van der Waals surface area contributed by atoms with Gasteiger partial charge in [-0.15, -0.1) is 0 Å². The summed E-state index contributed by atoms with van der Waals surface area (Å²) < 4.78 is 5.55. The van der Waals surface area contributed by atoms with Gasteiger partial charge in [0.1, 0.15) is 6.10 Å². The Morgan fingerprint density at radius 3 is 2.57 bits per heavy atom. The van der Waals surface area contributed by atoms with Crippen molar-refractivity contribution in [1.29, 1.82) is 0 Å². The molecule has 0 aliphatic carbocycles. The van der Waals surface area contributed by atoms with Crippen LogP contribution in [0.3, 0.4) is 0 Å². The molecule has 0 radical (unpaired) electrons. The van der Waals surface area contributed by atoms with Crippen LogP contribution in [0.15, 0.2) is 24.3 Å². The van der Waals surface area contributed by atoms with Crippen LogP contribution < -0.4 is 0 Å². The van der Waals surface area contributed by atoms with Crippen molar-refractivity contribution < 1.29 is 14.9 Å². The van der Waals surface area contributed by atoms with Crippen molar-refractivity contribution in [3.8, 4) is 11.8 Å². The number of nitrogens with zero attached hydrogens (tertiary/aromatic N) is 2. The van der Waals surface area contributed by atoms with Crippen molar-refractivity contribution in [2.24, 2.45) is 5.92 Å². The molecule has 3 aliphatic rings.